The van der Waals surface area contributed by atoms with E-state index in [1.54, 1.807) is 11.9 Å². The second-order valence-corrected chi connectivity index (χ2v) is 5.04. The Hall–Kier alpha value is -0.870. The molecule has 3 nitrogen and oxygen atoms in total. The monoisotopic (exact) mass is 313 g/mol. The molecule has 1 aromatic carbocycles. The van der Waals surface area contributed by atoms with Crippen molar-refractivity contribution >= 4 is 21.8 Å². The molecule has 0 spiro atoms. The van der Waals surface area contributed by atoms with Crippen molar-refractivity contribution in [3.63, 3.8) is 0 Å². The van der Waals surface area contributed by atoms with Crippen molar-refractivity contribution in [1.82, 2.24) is 4.90 Å². The third-order valence-electron chi connectivity index (χ3n) is 2.58. The Labute approximate surface area is 117 Å². The Morgan fingerprint density at radius 3 is 2.44 bits per heavy atom. The van der Waals surface area contributed by atoms with Gasteiger partial charge in [-0.15, -0.1) is 0 Å². The minimum atomic E-state index is 0.0310. The van der Waals surface area contributed by atoms with Gasteiger partial charge in [0, 0.05) is 24.5 Å². The van der Waals surface area contributed by atoms with E-state index in [1.165, 1.54) is 0 Å². The maximum Gasteiger partial charge on any atom is 0.253 e. The SMILES string of the molecule is CC(C)OCCN(C)C(=O)c1ccc(CBr)cc1. The molecule has 0 bridgehead atoms. The van der Waals surface area contributed by atoms with Crippen LogP contribution in [0.3, 0.4) is 0 Å². The minimum Gasteiger partial charge on any atom is -0.377 e. The normalized spacial score (nSPS) is 10.7. The van der Waals surface area contributed by atoms with E-state index in [0.29, 0.717) is 18.7 Å². The molecule has 0 N–H and O–H groups in total. The molecule has 1 rings (SSSR count). The van der Waals surface area contributed by atoms with E-state index in [4.69, 9.17) is 4.74 Å². The van der Waals surface area contributed by atoms with E-state index in [0.717, 1.165) is 10.9 Å². The molecule has 100 valence electrons. The molecule has 0 saturated heterocycles. The topological polar surface area (TPSA) is 29.5 Å². The largest absolute Gasteiger partial charge is 0.377 e. The van der Waals surface area contributed by atoms with Crippen LogP contribution in [0.5, 0.6) is 0 Å². The summed E-state index contributed by atoms with van der Waals surface area (Å²) in [7, 11) is 1.80. The zero-order chi connectivity index (χ0) is 13.5. The van der Waals surface area contributed by atoms with Crippen molar-refractivity contribution in [2.75, 3.05) is 20.2 Å². The molecular weight excluding hydrogens is 294 g/mol. The maximum atomic E-state index is 12.1. The summed E-state index contributed by atoms with van der Waals surface area (Å²) >= 11 is 3.38. The van der Waals surface area contributed by atoms with Gasteiger partial charge in [0.15, 0.2) is 0 Å². The van der Waals surface area contributed by atoms with Crippen molar-refractivity contribution in [1.29, 1.82) is 0 Å². The summed E-state index contributed by atoms with van der Waals surface area (Å²) in [5.74, 6) is 0.0310. The molecule has 0 aromatic heterocycles. The lowest BCUT2D eigenvalue weighted by Gasteiger charge is -2.18. The first-order valence-corrected chi connectivity index (χ1v) is 7.18. The molecule has 0 aliphatic carbocycles. The number of likely N-dealkylation sites (N-methyl/N-ethyl adjacent to an activating group) is 1. The molecule has 1 amide bonds. The number of carbonyl (C=O) groups excluding carboxylic acids is 1. The van der Waals surface area contributed by atoms with Crippen molar-refractivity contribution in [2.45, 2.75) is 25.3 Å². The number of ether oxygens (including phenoxy) is 1. The van der Waals surface area contributed by atoms with Gasteiger partial charge in [0.05, 0.1) is 12.7 Å². The van der Waals surface area contributed by atoms with Crippen LogP contribution in [0, 0.1) is 0 Å². The Morgan fingerprint density at radius 2 is 1.94 bits per heavy atom. The third kappa shape index (κ3) is 4.78. The zero-order valence-corrected chi connectivity index (χ0v) is 12.7. The van der Waals surface area contributed by atoms with Crippen LogP contribution in [0.1, 0.15) is 29.8 Å². The first-order chi connectivity index (χ1) is 8.54. The van der Waals surface area contributed by atoms with Crippen molar-refractivity contribution in [2.24, 2.45) is 0 Å². The highest BCUT2D eigenvalue weighted by molar-refractivity contribution is 9.08. The molecule has 0 aliphatic heterocycles. The lowest BCUT2D eigenvalue weighted by atomic mass is 10.1. The Balaban J connectivity index is 2.51. The first-order valence-electron chi connectivity index (χ1n) is 6.06. The lowest BCUT2D eigenvalue weighted by Crippen LogP contribution is -2.30. The van der Waals surface area contributed by atoms with Gasteiger partial charge < -0.3 is 9.64 Å². The van der Waals surface area contributed by atoms with E-state index in [-0.39, 0.29) is 12.0 Å². The van der Waals surface area contributed by atoms with E-state index < -0.39 is 0 Å². The predicted octanol–water partition coefficient (Wildman–Crippen LogP) is 3.08. The molecule has 0 unspecified atom stereocenters. The van der Waals surface area contributed by atoms with Crippen LogP contribution in [0.2, 0.25) is 0 Å². The summed E-state index contributed by atoms with van der Waals surface area (Å²) in [6.45, 7) is 5.15. The average molecular weight is 314 g/mol. The second-order valence-electron chi connectivity index (χ2n) is 4.48. The van der Waals surface area contributed by atoms with E-state index in [1.807, 2.05) is 38.1 Å². The Morgan fingerprint density at radius 1 is 1.33 bits per heavy atom. The Bertz CT molecular complexity index is 376. The van der Waals surface area contributed by atoms with Crippen LogP contribution in [0.15, 0.2) is 24.3 Å². The highest BCUT2D eigenvalue weighted by atomic mass is 79.9. The van der Waals surface area contributed by atoms with E-state index in [2.05, 4.69) is 15.9 Å². The molecule has 0 radical (unpaired) electrons. The Kier molecular flexibility index (Phi) is 6.36. The summed E-state index contributed by atoms with van der Waals surface area (Å²) in [6.07, 6.45) is 0.201. The van der Waals surface area contributed by atoms with Crippen LogP contribution in [-0.4, -0.2) is 37.1 Å². The number of amides is 1. The fourth-order valence-corrected chi connectivity index (χ4v) is 1.86. The molecule has 0 heterocycles. The molecule has 0 saturated carbocycles. The van der Waals surface area contributed by atoms with Gasteiger partial charge in [0.1, 0.15) is 0 Å². The highest BCUT2D eigenvalue weighted by Gasteiger charge is 2.11. The lowest BCUT2D eigenvalue weighted by molar-refractivity contribution is 0.0532. The number of hydrogen-bond acceptors (Lipinski definition) is 2. The molecular formula is C14H20BrNO2. The number of hydrogen-bond donors (Lipinski definition) is 0. The van der Waals surface area contributed by atoms with Crippen molar-refractivity contribution in [3.8, 4) is 0 Å². The number of alkyl halides is 1. The summed E-state index contributed by atoms with van der Waals surface area (Å²) in [6, 6.07) is 7.64. The van der Waals surface area contributed by atoms with Gasteiger partial charge in [-0.25, -0.2) is 0 Å². The van der Waals surface area contributed by atoms with Crippen molar-refractivity contribution < 1.29 is 9.53 Å². The molecule has 0 atom stereocenters. The molecule has 4 heteroatoms. The second kappa shape index (κ2) is 7.54. The minimum absolute atomic E-state index is 0.0310. The number of rotatable bonds is 6. The zero-order valence-electron chi connectivity index (χ0n) is 11.1. The number of halogens is 1. The van der Waals surface area contributed by atoms with Gasteiger partial charge >= 0.3 is 0 Å². The van der Waals surface area contributed by atoms with Crippen LogP contribution in [0.4, 0.5) is 0 Å². The van der Waals surface area contributed by atoms with Gasteiger partial charge in [-0.2, -0.15) is 0 Å². The average Bonchev–Trinajstić information content (AvgIpc) is 2.37. The van der Waals surface area contributed by atoms with Gasteiger partial charge in [-0.05, 0) is 31.5 Å². The third-order valence-corrected chi connectivity index (χ3v) is 3.23. The highest BCUT2D eigenvalue weighted by Crippen LogP contribution is 2.09. The standard InChI is InChI=1S/C14H20BrNO2/c1-11(2)18-9-8-16(3)14(17)13-6-4-12(10-15)5-7-13/h4-7,11H,8-10H2,1-3H3. The maximum absolute atomic E-state index is 12.1. The predicted molar refractivity (Wildman–Crippen MR) is 77.1 cm³/mol. The summed E-state index contributed by atoms with van der Waals surface area (Å²) in [5, 5.41) is 0.805. The van der Waals surface area contributed by atoms with Crippen molar-refractivity contribution in [3.05, 3.63) is 35.4 Å². The number of carbonyl (C=O) groups is 1. The van der Waals surface area contributed by atoms with Crippen LogP contribution < -0.4 is 0 Å². The molecule has 1 aromatic rings. The van der Waals surface area contributed by atoms with Crippen LogP contribution in [0.25, 0.3) is 0 Å². The molecule has 0 aliphatic rings. The first kappa shape index (κ1) is 15.2. The number of nitrogens with zero attached hydrogens (tertiary/aromatic N) is 1. The van der Waals surface area contributed by atoms with Gasteiger partial charge in [-0.3, -0.25) is 4.79 Å². The molecule has 18 heavy (non-hydrogen) atoms. The van der Waals surface area contributed by atoms with Gasteiger partial charge in [-0.1, -0.05) is 28.1 Å². The summed E-state index contributed by atoms with van der Waals surface area (Å²) in [5.41, 5.74) is 1.88. The van der Waals surface area contributed by atoms with Crippen LogP contribution >= 0.6 is 15.9 Å². The summed E-state index contributed by atoms with van der Waals surface area (Å²) in [4.78, 5) is 13.8. The quantitative estimate of drug-likeness (QED) is 0.755. The van der Waals surface area contributed by atoms with Gasteiger partial charge in [0.25, 0.3) is 5.91 Å². The fourth-order valence-electron chi connectivity index (χ4n) is 1.48. The van der Waals surface area contributed by atoms with Crippen LogP contribution in [-0.2, 0) is 10.1 Å². The van der Waals surface area contributed by atoms with Gasteiger partial charge in [0.2, 0.25) is 0 Å². The van der Waals surface area contributed by atoms with E-state index >= 15 is 0 Å². The van der Waals surface area contributed by atoms with E-state index in [9.17, 15) is 4.79 Å². The number of benzene rings is 1. The molecule has 0 fully saturated rings. The fraction of sp³-hybridized carbons (Fsp3) is 0.500. The smallest absolute Gasteiger partial charge is 0.253 e. The summed E-state index contributed by atoms with van der Waals surface area (Å²) < 4.78 is 5.43.